The molecule has 0 unspecified atom stereocenters. The standard InChI is InChI=1S/C23H19BrN2O3/c1-12-20-21(14-3-2-4-16(24)9-14)22-18(25-23(20)29-26-12)10-15(11-19(22)28)13-5-7-17(27)8-6-13/h2-9,15,21,25,27H,10-11H2,1H3/t15-,21-/m0/s1. The Morgan fingerprint density at radius 2 is 1.93 bits per heavy atom. The van der Waals surface area contributed by atoms with Crippen molar-refractivity contribution in [2.75, 3.05) is 5.32 Å². The van der Waals surface area contributed by atoms with Gasteiger partial charge >= 0.3 is 0 Å². The molecule has 1 aliphatic heterocycles. The van der Waals surface area contributed by atoms with Crippen LogP contribution in [-0.4, -0.2) is 16.0 Å². The van der Waals surface area contributed by atoms with Crippen LogP contribution in [0.2, 0.25) is 0 Å². The molecule has 0 saturated carbocycles. The van der Waals surface area contributed by atoms with Crippen molar-refractivity contribution in [2.45, 2.75) is 31.6 Å². The summed E-state index contributed by atoms with van der Waals surface area (Å²) in [5, 5.41) is 17.1. The van der Waals surface area contributed by atoms with Crippen LogP contribution in [0, 0.1) is 6.92 Å². The van der Waals surface area contributed by atoms with E-state index in [9.17, 15) is 9.90 Å². The van der Waals surface area contributed by atoms with Crippen LogP contribution < -0.4 is 5.32 Å². The van der Waals surface area contributed by atoms with Crippen molar-refractivity contribution in [2.24, 2.45) is 0 Å². The van der Waals surface area contributed by atoms with Crippen LogP contribution in [0.3, 0.4) is 0 Å². The van der Waals surface area contributed by atoms with Crippen molar-refractivity contribution >= 4 is 27.6 Å². The van der Waals surface area contributed by atoms with Crippen LogP contribution >= 0.6 is 15.9 Å². The number of allylic oxidation sites excluding steroid dienone is 2. The van der Waals surface area contributed by atoms with E-state index in [4.69, 9.17) is 4.52 Å². The molecule has 2 aliphatic rings. The number of Topliss-reactive ketones (excluding diaryl/α,β-unsaturated/α-hetero) is 1. The number of carbonyl (C=O) groups is 1. The molecule has 2 atom stereocenters. The molecule has 3 aromatic rings. The minimum absolute atomic E-state index is 0.0584. The molecule has 0 spiro atoms. The van der Waals surface area contributed by atoms with Gasteiger partial charge in [0.15, 0.2) is 5.78 Å². The number of rotatable bonds is 2. The first-order valence-corrected chi connectivity index (χ1v) is 10.3. The summed E-state index contributed by atoms with van der Waals surface area (Å²) in [7, 11) is 0. The lowest BCUT2D eigenvalue weighted by molar-refractivity contribution is -0.116. The smallest absolute Gasteiger partial charge is 0.233 e. The predicted octanol–water partition coefficient (Wildman–Crippen LogP) is 5.41. The highest BCUT2D eigenvalue weighted by Crippen LogP contribution is 2.49. The number of aromatic nitrogens is 1. The fourth-order valence-corrected chi connectivity index (χ4v) is 4.89. The Kier molecular flexibility index (Phi) is 4.32. The molecular weight excluding hydrogens is 432 g/mol. The Labute approximate surface area is 176 Å². The predicted molar refractivity (Wildman–Crippen MR) is 113 cm³/mol. The first-order valence-electron chi connectivity index (χ1n) is 9.55. The second-order valence-electron chi connectivity index (χ2n) is 7.64. The number of nitrogens with zero attached hydrogens (tertiary/aromatic N) is 1. The highest BCUT2D eigenvalue weighted by atomic mass is 79.9. The Bertz CT molecular complexity index is 1150. The van der Waals surface area contributed by atoms with Gasteiger partial charge in [-0.25, -0.2) is 0 Å². The monoisotopic (exact) mass is 450 g/mol. The lowest BCUT2D eigenvalue weighted by Crippen LogP contribution is -2.29. The van der Waals surface area contributed by atoms with Gasteiger partial charge in [-0.1, -0.05) is 45.4 Å². The second kappa shape index (κ2) is 6.88. The topological polar surface area (TPSA) is 75.4 Å². The van der Waals surface area contributed by atoms with Gasteiger partial charge in [-0.05, 0) is 54.7 Å². The summed E-state index contributed by atoms with van der Waals surface area (Å²) in [6.07, 6.45) is 1.14. The van der Waals surface area contributed by atoms with Crippen molar-refractivity contribution in [3.8, 4) is 5.75 Å². The maximum absolute atomic E-state index is 13.4. The number of hydrogen-bond acceptors (Lipinski definition) is 5. The van der Waals surface area contributed by atoms with Crippen molar-refractivity contribution in [1.82, 2.24) is 5.16 Å². The number of benzene rings is 2. The second-order valence-corrected chi connectivity index (χ2v) is 8.55. The van der Waals surface area contributed by atoms with Crippen LogP contribution in [0.4, 0.5) is 5.88 Å². The largest absolute Gasteiger partial charge is 0.508 e. The molecule has 1 aromatic heterocycles. The number of phenols is 1. The van der Waals surface area contributed by atoms with E-state index in [1.165, 1.54) is 0 Å². The van der Waals surface area contributed by atoms with E-state index < -0.39 is 0 Å². The minimum Gasteiger partial charge on any atom is -0.508 e. The van der Waals surface area contributed by atoms with Crippen molar-refractivity contribution in [3.63, 3.8) is 0 Å². The van der Waals surface area contributed by atoms with E-state index in [-0.39, 0.29) is 23.4 Å². The third kappa shape index (κ3) is 3.08. The van der Waals surface area contributed by atoms with Crippen molar-refractivity contribution in [3.05, 3.63) is 86.7 Å². The Morgan fingerprint density at radius 1 is 1.14 bits per heavy atom. The number of nitrogens with one attached hydrogen (secondary N) is 1. The lowest BCUT2D eigenvalue weighted by atomic mass is 9.72. The fourth-order valence-electron chi connectivity index (χ4n) is 4.47. The minimum atomic E-state index is -0.196. The zero-order valence-electron chi connectivity index (χ0n) is 15.8. The first-order chi connectivity index (χ1) is 14.0. The van der Waals surface area contributed by atoms with Gasteiger partial charge in [-0.15, -0.1) is 0 Å². The van der Waals surface area contributed by atoms with Gasteiger partial charge in [-0.3, -0.25) is 4.79 Å². The summed E-state index contributed by atoms with van der Waals surface area (Å²) in [4.78, 5) is 13.4. The van der Waals surface area contributed by atoms with Gasteiger partial charge in [0, 0.05) is 28.1 Å². The summed E-state index contributed by atoms with van der Waals surface area (Å²) < 4.78 is 6.53. The van der Waals surface area contributed by atoms with Gasteiger partial charge < -0.3 is 14.9 Å². The van der Waals surface area contributed by atoms with Crippen LogP contribution in [0.25, 0.3) is 0 Å². The van der Waals surface area contributed by atoms with Crippen LogP contribution in [-0.2, 0) is 4.79 Å². The molecular formula is C23H19BrN2O3. The van der Waals surface area contributed by atoms with E-state index in [1.807, 2.05) is 37.3 Å². The average Bonchev–Trinajstić information content (AvgIpc) is 3.07. The Morgan fingerprint density at radius 3 is 2.69 bits per heavy atom. The van der Waals surface area contributed by atoms with Crippen LogP contribution in [0.15, 0.2) is 68.8 Å². The van der Waals surface area contributed by atoms with E-state index in [0.29, 0.717) is 18.7 Å². The van der Waals surface area contributed by atoms with Crippen LogP contribution in [0.5, 0.6) is 5.75 Å². The molecule has 146 valence electrons. The number of carbonyl (C=O) groups excluding carboxylic acids is 1. The van der Waals surface area contributed by atoms with Gasteiger partial charge in [0.25, 0.3) is 0 Å². The van der Waals surface area contributed by atoms with Crippen molar-refractivity contribution < 1.29 is 14.4 Å². The molecule has 0 bridgehead atoms. The molecule has 0 amide bonds. The quantitative estimate of drug-likeness (QED) is 0.545. The zero-order valence-corrected chi connectivity index (χ0v) is 17.4. The highest BCUT2D eigenvalue weighted by molar-refractivity contribution is 9.10. The number of aryl methyl sites for hydroxylation is 1. The van der Waals surface area contributed by atoms with E-state index in [2.05, 4.69) is 32.5 Å². The Balaban J connectivity index is 1.62. The third-order valence-electron chi connectivity index (χ3n) is 5.80. The molecule has 2 aromatic carbocycles. The fraction of sp³-hybridized carbons (Fsp3) is 0.217. The van der Waals surface area contributed by atoms with Crippen LogP contribution in [0.1, 0.15) is 47.1 Å². The number of ketones is 1. The molecule has 6 heteroatoms. The summed E-state index contributed by atoms with van der Waals surface area (Å²) >= 11 is 3.55. The number of aromatic hydroxyl groups is 1. The summed E-state index contributed by atoms with van der Waals surface area (Å²) in [6.45, 7) is 1.91. The van der Waals surface area contributed by atoms with Gasteiger partial charge in [-0.2, -0.15) is 0 Å². The maximum Gasteiger partial charge on any atom is 0.233 e. The van der Waals surface area contributed by atoms with Gasteiger partial charge in [0.2, 0.25) is 5.88 Å². The summed E-state index contributed by atoms with van der Waals surface area (Å²) in [5.41, 5.74) is 5.50. The molecule has 0 radical (unpaired) electrons. The molecule has 0 saturated heterocycles. The summed E-state index contributed by atoms with van der Waals surface area (Å²) in [6, 6.07) is 15.2. The van der Waals surface area contributed by atoms with Gasteiger partial charge in [0.05, 0.1) is 11.3 Å². The SMILES string of the molecule is Cc1noc2c1[C@H](c1cccc(Br)c1)C1=C(C[C@H](c3ccc(O)cc3)CC1=O)N2. The molecule has 2 N–H and O–H groups in total. The lowest BCUT2D eigenvalue weighted by Gasteiger charge is -2.34. The molecule has 29 heavy (non-hydrogen) atoms. The Hall–Kier alpha value is -2.86. The number of fused-ring (bicyclic) bond motifs is 1. The number of anilines is 1. The van der Waals surface area contributed by atoms with E-state index >= 15 is 0 Å². The normalized spacial score (nSPS) is 20.8. The third-order valence-corrected chi connectivity index (χ3v) is 6.30. The molecule has 2 heterocycles. The van der Waals surface area contributed by atoms with Gasteiger partial charge in [0.1, 0.15) is 5.75 Å². The summed E-state index contributed by atoms with van der Waals surface area (Å²) in [5.74, 6) is 0.836. The average molecular weight is 451 g/mol. The first kappa shape index (κ1) is 18.2. The number of hydrogen-bond donors (Lipinski definition) is 2. The van der Waals surface area contributed by atoms with Crippen molar-refractivity contribution in [1.29, 1.82) is 0 Å². The zero-order chi connectivity index (χ0) is 20.1. The number of halogens is 1. The molecule has 1 aliphatic carbocycles. The van der Waals surface area contributed by atoms with E-state index in [1.54, 1.807) is 12.1 Å². The maximum atomic E-state index is 13.4. The highest BCUT2D eigenvalue weighted by Gasteiger charge is 2.41. The number of phenolic OH excluding ortho intramolecular Hbond substituents is 1. The molecule has 0 fully saturated rings. The van der Waals surface area contributed by atoms with E-state index in [0.717, 1.165) is 38.1 Å². The molecule has 5 nitrogen and oxygen atoms in total. The molecule has 5 rings (SSSR count).